The summed E-state index contributed by atoms with van der Waals surface area (Å²) in [6.45, 7) is 1.27. The van der Waals surface area contributed by atoms with E-state index < -0.39 is 0 Å². The maximum Gasteiger partial charge on any atom is 0.123 e. The molecule has 5 aliphatic rings. The van der Waals surface area contributed by atoms with Crippen LogP contribution in [0, 0.1) is 17.7 Å². The summed E-state index contributed by atoms with van der Waals surface area (Å²) < 4.78 is 13.8. The van der Waals surface area contributed by atoms with Gasteiger partial charge in [0.05, 0.1) is 0 Å². The average molecular weight is 271 g/mol. The number of hydrogen-bond donors (Lipinski definition) is 0. The molecular weight excluding hydrogens is 249 g/mol. The molecule has 1 unspecified atom stereocenters. The number of nitrogens with zero attached hydrogens (tertiary/aromatic N) is 1. The van der Waals surface area contributed by atoms with Gasteiger partial charge in [0.1, 0.15) is 5.82 Å². The van der Waals surface area contributed by atoms with Crippen molar-refractivity contribution < 1.29 is 4.39 Å². The van der Waals surface area contributed by atoms with Crippen LogP contribution in [0.15, 0.2) is 18.2 Å². The van der Waals surface area contributed by atoms with E-state index in [1.165, 1.54) is 56.2 Å². The number of hydrogen-bond acceptors (Lipinski definition) is 1. The van der Waals surface area contributed by atoms with E-state index >= 15 is 0 Å². The van der Waals surface area contributed by atoms with E-state index in [0.29, 0.717) is 18.0 Å². The van der Waals surface area contributed by atoms with Gasteiger partial charge in [-0.05, 0) is 67.3 Å². The van der Waals surface area contributed by atoms with Gasteiger partial charge in [0.25, 0.3) is 0 Å². The van der Waals surface area contributed by atoms with Gasteiger partial charge < -0.3 is 0 Å². The Labute approximate surface area is 120 Å². The molecule has 2 aliphatic carbocycles. The number of halogens is 1. The van der Waals surface area contributed by atoms with Gasteiger partial charge in [0.15, 0.2) is 0 Å². The maximum absolute atomic E-state index is 13.8. The lowest BCUT2D eigenvalue weighted by Crippen LogP contribution is -2.58. The van der Waals surface area contributed by atoms with Gasteiger partial charge in [0, 0.05) is 18.0 Å². The highest BCUT2D eigenvalue weighted by molar-refractivity contribution is 5.42. The quantitative estimate of drug-likeness (QED) is 0.682. The minimum absolute atomic E-state index is 0.0341. The van der Waals surface area contributed by atoms with Crippen LogP contribution in [0.3, 0.4) is 0 Å². The Morgan fingerprint density at radius 1 is 0.950 bits per heavy atom. The van der Waals surface area contributed by atoms with Crippen LogP contribution in [-0.4, -0.2) is 17.5 Å². The molecule has 0 amide bonds. The van der Waals surface area contributed by atoms with E-state index in [1.807, 2.05) is 6.07 Å². The van der Waals surface area contributed by atoms with Crippen LogP contribution in [0.2, 0.25) is 0 Å². The highest BCUT2D eigenvalue weighted by Gasteiger charge is 2.56. The van der Waals surface area contributed by atoms with Gasteiger partial charge in [-0.15, -0.1) is 0 Å². The Kier molecular flexibility index (Phi) is 2.39. The summed E-state index contributed by atoms with van der Waals surface area (Å²) >= 11 is 0. The van der Waals surface area contributed by atoms with Crippen LogP contribution < -0.4 is 0 Å². The highest BCUT2D eigenvalue weighted by Crippen LogP contribution is 2.62. The molecule has 1 nitrogen and oxygen atoms in total. The number of benzene rings is 1. The summed E-state index contributed by atoms with van der Waals surface area (Å²) in [5.74, 6) is 2.28. The summed E-state index contributed by atoms with van der Waals surface area (Å²) in [4.78, 5) is 2.81. The smallest absolute Gasteiger partial charge is 0.123 e. The highest BCUT2D eigenvalue weighted by atomic mass is 19.1. The molecule has 0 N–H and O–H groups in total. The molecule has 3 heterocycles. The Morgan fingerprint density at radius 2 is 1.85 bits per heavy atom. The molecule has 0 radical (unpaired) electrons. The molecule has 0 spiro atoms. The second-order valence-corrected chi connectivity index (χ2v) is 7.30. The van der Waals surface area contributed by atoms with Crippen molar-refractivity contribution in [2.75, 3.05) is 6.54 Å². The van der Waals surface area contributed by atoms with Crippen LogP contribution in [0.4, 0.5) is 4.39 Å². The zero-order valence-corrected chi connectivity index (χ0v) is 11.9. The molecule has 5 atom stereocenters. The van der Waals surface area contributed by atoms with Gasteiger partial charge in [-0.25, -0.2) is 4.39 Å². The average Bonchev–Trinajstić information content (AvgIpc) is 2.96. The topological polar surface area (TPSA) is 3.24 Å². The number of rotatable bonds is 0. The third-order valence-corrected chi connectivity index (χ3v) is 6.58. The Hall–Kier alpha value is -0.890. The normalized spacial score (nSPS) is 42.1. The van der Waals surface area contributed by atoms with Crippen LogP contribution in [0.5, 0.6) is 0 Å². The molecule has 2 bridgehead atoms. The third kappa shape index (κ3) is 1.36. The zero-order chi connectivity index (χ0) is 13.3. The van der Waals surface area contributed by atoms with Crippen molar-refractivity contribution in [1.29, 1.82) is 0 Å². The Balaban J connectivity index is 1.71. The predicted molar refractivity (Wildman–Crippen MR) is 77.1 cm³/mol. The summed E-state index contributed by atoms with van der Waals surface area (Å²) in [5.41, 5.74) is 2.85. The van der Waals surface area contributed by atoms with Crippen LogP contribution in [0.1, 0.15) is 61.6 Å². The van der Waals surface area contributed by atoms with E-state index in [0.717, 1.165) is 11.8 Å². The Bertz CT molecular complexity index is 554. The fourth-order valence-corrected chi connectivity index (χ4v) is 6.05. The largest absolute Gasteiger partial charge is 0.292 e. The van der Waals surface area contributed by atoms with Gasteiger partial charge in [-0.1, -0.05) is 18.9 Å². The molecule has 106 valence electrons. The first kappa shape index (κ1) is 11.7. The molecule has 0 aromatic heterocycles. The van der Waals surface area contributed by atoms with E-state index in [2.05, 4.69) is 11.0 Å². The van der Waals surface area contributed by atoms with Crippen molar-refractivity contribution in [2.45, 2.75) is 56.5 Å². The molecule has 6 rings (SSSR count). The van der Waals surface area contributed by atoms with Crippen molar-refractivity contribution >= 4 is 0 Å². The first-order chi connectivity index (χ1) is 9.84. The van der Waals surface area contributed by atoms with Crippen LogP contribution in [-0.2, 0) is 0 Å². The minimum atomic E-state index is -0.0341. The minimum Gasteiger partial charge on any atom is -0.292 e. The fraction of sp³-hybridized carbons (Fsp3) is 0.667. The van der Waals surface area contributed by atoms with Crippen molar-refractivity contribution in [3.05, 3.63) is 35.1 Å². The van der Waals surface area contributed by atoms with E-state index in [-0.39, 0.29) is 5.82 Å². The second-order valence-electron chi connectivity index (χ2n) is 7.30. The van der Waals surface area contributed by atoms with Gasteiger partial charge in [-0.2, -0.15) is 0 Å². The van der Waals surface area contributed by atoms with Crippen molar-refractivity contribution in [1.82, 2.24) is 4.90 Å². The first-order valence-corrected chi connectivity index (χ1v) is 8.40. The fourth-order valence-electron chi connectivity index (χ4n) is 6.05. The third-order valence-electron chi connectivity index (χ3n) is 6.58. The van der Waals surface area contributed by atoms with E-state index in [1.54, 1.807) is 6.07 Å². The molecule has 2 saturated heterocycles. The lowest BCUT2D eigenvalue weighted by molar-refractivity contribution is -0.0442. The van der Waals surface area contributed by atoms with Gasteiger partial charge in [0.2, 0.25) is 0 Å². The van der Waals surface area contributed by atoms with Gasteiger partial charge in [-0.3, -0.25) is 4.90 Å². The van der Waals surface area contributed by atoms with E-state index in [4.69, 9.17) is 0 Å². The van der Waals surface area contributed by atoms with Crippen molar-refractivity contribution in [3.63, 3.8) is 0 Å². The summed E-state index contributed by atoms with van der Waals surface area (Å²) in [6, 6.07) is 6.97. The zero-order valence-electron chi connectivity index (χ0n) is 11.9. The molecular formula is C18H22FN. The SMILES string of the molecule is Fc1ccc2c(c1)[C@H]1C3CCCCN3[C@@H]2[C@H]2CCC[C@H]21. The standard InChI is InChI=1S/C18H22FN/c19-11-7-8-14-15(10-11)17-12-4-3-5-13(12)18(14)20-9-2-1-6-16(17)20/h7-8,10,12-13,16-18H,1-6,9H2/t12-,13+,16?,17+,18-/m1/s1. The molecule has 3 aliphatic heterocycles. The monoisotopic (exact) mass is 271 g/mol. The summed E-state index contributed by atoms with van der Waals surface area (Å²) in [6.07, 6.45) is 8.22. The number of piperidine rings is 2. The lowest BCUT2D eigenvalue weighted by atomic mass is 9.59. The summed E-state index contributed by atoms with van der Waals surface area (Å²) in [5, 5.41) is 0. The second kappa shape index (κ2) is 4.07. The molecule has 1 aromatic rings. The Morgan fingerprint density at radius 3 is 2.80 bits per heavy atom. The molecule has 20 heavy (non-hydrogen) atoms. The molecule has 1 saturated carbocycles. The predicted octanol–water partition coefficient (Wildman–Crippen LogP) is 4.25. The molecule has 2 heteroatoms. The van der Waals surface area contributed by atoms with Crippen LogP contribution >= 0.6 is 0 Å². The molecule has 1 aromatic carbocycles. The van der Waals surface area contributed by atoms with E-state index in [9.17, 15) is 4.39 Å². The van der Waals surface area contributed by atoms with Crippen molar-refractivity contribution in [2.24, 2.45) is 11.8 Å². The van der Waals surface area contributed by atoms with Crippen molar-refractivity contribution in [3.8, 4) is 0 Å². The maximum atomic E-state index is 13.8. The lowest BCUT2D eigenvalue weighted by Gasteiger charge is -2.59. The first-order valence-electron chi connectivity index (χ1n) is 8.40. The van der Waals surface area contributed by atoms with Gasteiger partial charge >= 0.3 is 0 Å². The summed E-state index contributed by atoms with van der Waals surface area (Å²) in [7, 11) is 0. The van der Waals surface area contributed by atoms with Crippen LogP contribution in [0.25, 0.3) is 0 Å². The molecule has 3 fully saturated rings.